The van der Waals surface area contributed by atoms with E-state index in [0.29, 0.717) is 23.9 Å². The molecule has 2 nitrogen and oxygen atoms in total. The summed E-state index contributed by atoms with van der Waals surface area (Å²) in [5.74, 6) is 1.22. The van der Waals surface area contributed by atoms with Gasteiger partial charge in [-0.05, 0) is 18.3 Å². The van der Waals surface area contributed by atoms with Gasteiger partial charge in [0.15, 0.2) is 0 Å². The van der Waals surface area contributed by atoms with E-state index in [2.05, 4.69) is 52.2 Å². The number of thiazole rings is 1. The summed E-state index contributed by atoms with van der Waals surface area (Å²) in [6, 6.07) is 0.914. The molecule has 3 heteroatoms. The van der Waals surface area contributed by atoms with Gasteiger partial charge in [-0.25, -0.2) is 4.98 Å². The van der Waals surface area contributed by atoms with Crippen LogP contribution in [0.3, 0.4) is 0 Å². The lowest BCUT2D eigenvalue weighted by Crippen LogP contribution is -2.29. The maximum absolute atomic E-state index is 4.77. The van der Waals surface area contributed by atoms with Gasteiger partial charge in [0.05, 0.1) is 11.7 Å². The van der Waals surface area contributed by atoms with Crippen LogP contribution in [0.2, 0.25) is 0 Å². The van der Waals surface area contributed by atoms with Crippen LogP contribution >= 0.6 is 11.3 Å². The minimum absolute atomic E-state index is 0.410. The molecule has 1 atom stereocenters. The van der Waals surface area contributed by atoms with Crippen LogP contribution in [0.4, 0.5) is 0 Å². The molecule has 1 rings (SSSR count). The molecule has 0 aromatic carbocycles. The smallest absolute Gasteiger partial charge is 0.110 e. The predicted octanol–water partition coefficient (Wildman–Crippen LogP) is 4.35. The van der Waals surface area contributed by atoms with Crippen molar-refractivity contribution in [2.45, 2.75) is 66.0 Å². The molecule has 0 saturated heterocycles. The standard InChI is InChI=1S/C14H26N2S/c1-9(2)7-12(15-11(5)6)14-16-13(8-17-14)10(3)4/h8-12,15H,7H2,1-6H3. The Morgan fingerprint density at radius 3 is 2.24 bits per heavy atom. The van der Waals surface area contributed by atoms with Crippen LogP contribution < -0.4 is 5.32 Å². The van der Waals surface area contributed by atoms with Crippen LogP contribution in [-0.4, -0.2) is 11.0 Å². The third-order valence-corrected chi connectivity index (χ3v) is 3.65. The van der Waals surface area contributed by atoms with Gasteiger partial charge in [-0.2, -0.15) is 0 Å². The Hall–Kier alpha value is -0.410. The summed E-state index contributed by atoms with van der Waals surface area (Å²) in [6.07, 6.45) is 1.16. The largest absolute Gasteiger partial charge is 0.306 e. The molecule has 17 heavy (non-hydrogen) atoms. The summed E-state index contributed by atoms with van der Waals surface area (Å²) < 4.78 is 0. The quantitative estimate of drug-likeness (QED) is 0.816. The normalized spacial score (nSPS) is 13.9. The van der Waals surface area contributed by atoms with E-state index in [0.717, 1.165) is 6.42 Å². The molecule has 1 N–H and O–H groups in total. The molecule has 0 spiro atoms. The SMILES string of the molecule is CC(C)CC(NC(C)C)c1nc(C(C)C)cs1. The van der Waals surface area contributed by atoms with E-state index in [9.17, 15) is 0 Å². The van der Waals surface area contributed by atoms with E-state index in [4.69, 9.17) is 4.98 Å². The summed E-state index contributed by atoms with van der Waals surface area (Å²) in [5, 5.41) is 7.08. The zero-order chi connectivity index (χ0) is 13.0. The molecule has 0 aliphatic rings. The lowest BCUT2D eigenvalue weighted by molar-refractivity contribution is 0.399. The number of nitrogens with one attached hydrogen (secondary N) is 1. The Labute approximate surface area is 110 Å². The van der Waals surface area contributed by atoms with Crippen molar-refractivity contribution in [3.05, 3.63) is 16.1 Å². The van der Waals surface area contributed by atoms with E-state index in [1.807, 2.05) is 0 Å². The van der Waals surface area contributed by atoms with Crippen molar-refractivity contribution in [2.24, 2.45) is 5.92 Å². The third-order valence-electron chi connectivity index (χ3n) is 2.67. The first-order valence-corrected chi connectivity index (χ1v) is 7.49. The van der Waals surface area contributed by atoms with E-state index in [-0.39, 0.29) is 0 Å². The average molecular weight is 254 g/mol. The highest BCUT2D eigenvalue weighted by molar-refractivity contribution is 7.09. The van der Waals surface area contributed by atoms with Crippen LogP contribution in [0.25, 0.3) is 0 Å². The average Bonchev–Trinajstić information content (AvgIpc) is 2.63. The first-order valence-electron chi connectivity index (χ1n) is 6.61. The zero-order valence-corrected chi connectivity index (χ0v) is 12.8. The van der Waals surface area contributed by atoms with Gasteiger partial charge in [0.25, 0.3) is 0 Å². The Bertz CT molecular complexity index is 319. The van der Waals surface area contributed by atoms with Gasteiger partial charge in [0.1, 0.15) is 5.01 Å². The summed E-state index contributed by atoms with van der Waals surface area (Å²) in [7, 11) is 0. The third kappa shape index (κ3) is 4.76. The number of nitrogens with zero attached hydrogens (tertiary/aromatic N) is 1. The summed E-state index contributed by atoms with van der Waals surface area (Å²) >= 11 is 1.80. The van der Waals surface area contributed by atoms with Gasteiger partial charge in [0, 0.05) is 11.4 Å². The van der Waals surface area contributed by atoms with Gasteiger partial charge in [-0.15, -0.1) is 11.3 Å². The molecule has 1 aromatic heterocycles. The van der Waals surface area contributed by atoms with E-state index >= 15 is 0 Å². The van der Waals surface area contributed by atoms with E-state index in [1.165, 1.54) is 10.7 Å². The number of rotatable bonds is 6. The lowest BCUT2D eigenvalue weighted by atomic mass is 10.0. The molecule has 1 heterocycles. The van der Waals surface area contributed by atoms with Crippen molar-refractivity contribution < 1.29 is 0 Å². The summed E-state index contributed by atoms with van der Waals surface area (Å²) in [4.78, 5) is 4.77. The van der Waals surface area contributed by atoms with Crippen LogP contribution in [0, 0.1) is 5.92 Å². The van der Waals surface area contributed by atoms with Gasteiger partial charge in [-0.3, -0.25) is 0 Å². The molecule has 0 bridgehead atoms. The van der Waals surface area contributed by atoms with Crippen LogP contribution in [-0.2, 0) is 0 Å². The second-order valence-electron chi connectivity index (χ2n) is 5.77. The van der Waals surface area contributed by atoms with Gasteiger partial charge >= 0.3 is 0 Å². The fraction of sp³-hybridized carbons (Fsp3) is 0.786. The van der Waals surface area contributed by atoms with Crippen molar-refractivity contribution in [2.75, 3.05) is 0 Å². The number of hydrogen-bond donors (Lipinski definition) is 1. The topological polar surface area (TPSA) is 24.9 Å². The van der Waals surface area contributed by atoms with Crippen molar-refractivity contribution in [1.82, 2.24) is 10.3 Å². The highest BCUT2D eigenvalue weighted by atomic mass is 32.1. The molecule has 0 aliphatic heterocycles. The van der Waals surface area contributed by atoms with Crippen LogP contribution in [0.15, 0.2) is 5.38 Å². The second-order valence-corrected chi connectivity index (χ2v) is 6.66. The zero-order valence-electron chi connectivity index (χ0n) is 11.9. The molecule has 98 valence electrons. The Balaban J connectivity index is 2.80. The maximum atomic E-state index is 4.77. The maximum Gasteiger partial charge on any atom is 0.110 e. The van der Waals surface area contributed by atoms with Crippen molar-refractivity contribution >= 4 is 11.3 Å². The number of aromatic nitrogens is 1. The van der Waals surface area contributed by atoms with Crippen molar-refractivity contribution in [1.29, 1.82) is 0 Å². The van der Waals surface area contributed by atoms with Gasteiger partial charge in [-0.1, -0.05) is 41.5 Å². The molecule has 0 aliphatic carbocycles. The van der Waals surface area contributed by atoms with Crippen LogP contribution in [0.5, 0.6) is 0 Å². The predicted molar refractivity (Wildman–Crippen MR) is 76.7 cm³/mol. The fourth-order valence-corrected chi connectivity index (χ4v) is 2.89. The van der Waals surface area contributed by atoms with Crippen molar-refractivity contribution in [3.8, 4) is 0 Å². The molecular weight excluding hydrogens is 228 g/mol. The molecule has 1 aromatic rings. The first-order chi connectivity index (χ1) is 7.90. The highest BCUT2D eigenvalue weighted by Crippen LogP contribution is 2.27. The van der Waals surface area contributed by atoms with Gasteiger partial charge in [0.2, 0.25) is 0 Å². The number of hydrogen-bond acceptors (Lipinski definition) is 3. The van der Waals surface area contributed by atoms with Crippen molar-refractivity contribution in [3.63, 3.8) is 0 Å². The Morgan fingerprint density at radius 2 is 1.82 bits per heavy atom. The summed E-state index contributed by atoms with van der Waals surface area (Å²) in [5.41, 5.74) is 1.23. The second kappa shape index (κ2) is 6.50. The first kappa shape index (κ1) is 14.7. The molecule has 0 fully saturated rings. The minimum atomic E-state index is 0.410. The Morgan fingerprint density at radius 1 is 1.18 bits per heavy atom. The molecule has 1 unspecified atom stereocenters. The Kier molecular flexibility index (Phi) is 5.60. The molecule has 0 amide bonds. The molecule has 0 radical (unpaired) electrons. The lowest BCUT2D eigenvalue weighted by Gasteiger charge is -2.21. The van der Waals surface area contributed by atoms with E-state index < -0.39 is 0 Å². The molecular formula is C14H26N2S. The monoisotopic (exact) mass is 254 g/mol. The fourth-order valence-electron chi connectivity index (χ4n) is 1.84. The van der Waals surface area contributed by atoms with E-state index in [1.54, 1.807) is 11.3 Å². The molecule has 0 saturated carbocycles. The highest BCUT2D eigenvalue weighted by Gasteiger charge is 2.18. The summed E-state index contributed by atoms with van der Waals surface area (Å²) in [6.45, 7) is 13.3. The van der Waals surface area contributed by atoms with Crippen LogP contribution in [0.1, 0.15) is 70.6 Å². The minimum Gasteiger partial charge on any atom is -0.306 e. The van der Waals surface area contributed by atoms with Gasteiger partial charge < -0.3 is 5.32 Å².